The zero-order valence-electron chi connectivity index (χ0n) is 10.6. The summed E-state index contributed by atoms with van der Waals surface area (Å²) >= 11 is 0. The molecule has 4 heteroatoms. The second-order valence-electron chi connectivity index (χ2n) is 5.33. The molecule has 0 aromatic rings. The van der Waals surface area contributed by atoms with Crippen molar-refractivity contribution in [2.45, 2.75) is 45.6 Å². The van der Waals surface area contributed by atoms with E-state index in [1.54, 1.807) is 0 Å². The number of carbonyl (C=O) groups excluding carboxylic acids is 1. The van der Waals surface area contributed by atoms with E-state index in [1.165, 1.54) is 0 Å². The normalized spacial score (nSPS) is 18.2. The van der Waals surface area contributed by atoms with Crippen LogP contribution in [-0.2, 0) is 4.74 Å². The second-order valence-corrected chi connectivity index (χ2v) is 5.33. The van der Waals surface area contributed by atoms with Crippen molar-refractivity contribution in [3.8, 4) is 0 Å². The second kappa shape index (κ2) is 6.09. The molecule has 1 heterocycles. The first-order chi connectivity index (χ1) is 7.47. The molecule has 0 aromatic heterocycles. The number of alkyl carbamates (subject to hydrolysis) is 1. The van der Waals surface area contributed by atoms with Crippen molar-refractivity contribution in [3.63, 3.8) is 0 Å². The molecule has 0 saturated carbocycles. The van der Waals surface area contributed by atoms with Crippen LogP contribution in [0.4, 0.5) is 4.79 Å². The maximum absolute atomic E-state index is 11.3. The molecule has 1 radical (unpaired) electrons. The van der Waals surface area contributed by atoms with Crippen molar-refractivity contribution >= 4 is 6.09 Å². The summed E-state index contributed by atoms with van der Waals surface area (Å²) in [5, 5.41) is 7.10. The Morgan fingerprint density at radius 1 is 1.38 bits per heavy atom. The Bertz CT molecular complexity index is 218. The molecule has 0 aliphatic carbocycles. The molecule has 1 aliphatic heterocycles. The van der Waals surface area contributed by atoms with Crippen LogP contribution in [0.25, 0.3) is 0 Å². The number of piperidine rings is 1. The van der Waals surface area contributed by atoms with Gasteiger partial charge in [0.15, 0.2) is 0 Å². The average molecular weight is 227 g/mol. The fraction of sp³-hybridized carbons (Fsp3) is 0.917. The van der Waals surface area contributed by atoms with Crippen LogP contribution in [0.3, 0.4) is 0 Å². The Morgan fingerprint density at radius 2 is 2.00 bits per heavy atom. The lowest BCUT2D eigenvalue weighted by molar-refractivity contribution is 0.0524. The molecule has 0 spiro atoms. The highest BCUT2D eigenvalue weighted by molar-refractivity contribution is 5.67. The van der Waals surface area contributed by atoms with Crippen molar-refractivity contribution in [1.82, 2.24) is 10.6 Å². The van der Waals surface area contributed by atoms with Crippen LogP contribution >= 0.6 is 0 Å². The van der Waals surface area contributed by atoms with Gasteiger partial charge in [-0.3, -0.25) is 0 Å². The Labute approximate surface area is 98.1 Å². The van der Waals surface area contributed by atoms with Crippen LogP contribution in [0, 0.1) is 5.92 Å². The molecule has 4 nitrogen and oxygen atoms in total. The van der Waals surface area contributed by atoms with E-state index in [0.29, 0.717) is 12.5 Å². The molecule has 1 amide bonds. The maximum atomic E-state index is 11.3. The van der Waals surface area contributed by atoms with E-state index >= 15 is 0 Å². The zero-order valence-corrected chi connectivity index (χ0v) is 10.6. The van der Waals surface area contributed by atoms with E-state index < -0.39 is 5.60 Å². The first-order valence-corrected chi connectivity index (χ1v) is 6.07. The van der Waals surface area contributed by atoms with E-state index in [-0.39, 0.29) is 6.09 Å². The van der Waals surface area contributed by atoms with Crippen LogP contribution in [0.1, 0.15) is 40.0 Å². The summed E-state index contributed by atoms with van der Waals surface area (Å²) in [6.45, 7) is 8.29. The van der Waals surface area contributed by atoms with E-state index in [9.17, 15) is 4.79 Å². The predicted molar refractivity (Wildman–Crippen MR) is 63.4 cm³/mol. The van der Waals surface area contributed by atoms with Crippen LogP contribution in [0.2, 0.25) is 0 Å². The minimum atomic E-state index is -0.409. The summed E-state index contributed by atoms with van der Waals surface area (Å²) in [7, 11) is 0. The molecule has 0 atom stereocenters. The third-order valence-corrected chi connectivity index (χ3v) is 2.61. The number of amides is 1. The summed E-state index contributed by atoms with van der Waals surface area (Å²) in [6, 6.07) is 0. The summed E-state index contributed by atoms with van der Waals surface area (Å²) in [4.78, 5) is 11.3. The summed E-state index contributed by atoms with van der Waals surface area (Å²) in [5.41, 5.74) is -0.409. The molecule has 0 unspecified atom stereocenters. The highest BCUT2D eigenvalue weighted by atomic mass is 16.6. The van der Waals surface area contributed by atoms with Crippen molar-refractivity contribution in [3.05, 3.63) is 0 Å². The molecule has 1 N–H and O–H groups in total. The fourth-order valence-corrected chi connectivity index (χ4v) is 1.79. The van der Waals surface area contributed by atoms with Gasteiger partial charge in [-0.25, -0.2) is 10.1 Å². The highest BCUT2D eigenvalue weighted by Gasteiger charge is 2.17. The molecular weight excluding hydrogens is 204 g/mol. The first kappa shape index (κ1) is 13.3. The van der Waals surface area contributed by atoms with Crippen molar-refractivity contribution < 1.29 is 9.53 Å². The van der Waals surface area contributed by atoms with Gasteiger partial charge in [0.2, 0.25) is 0 Å². The van der Waals surface area contributed by atoms with E-state index in [4.69, 9.17) is 4.74 Å². The molecular formula is C12H23N2O2. The Morgan fingerprint density at radius 3 is 2.56 bits per heavy atom. The standard InChI is InChI=1S/C12H23N2O2/c1-12(2,3)16-11(15)14-9-6-10-4-7-13-8-5-10/h10H,4-9H2,1-3H3,(H,14,15). The van der Waals surface area contributed by atoms with Gasteiger partial charge in [0.05, 0.1) is 0 Å². The molecule has 0 bridgehead atoms. The predicted octanol–water partition coefficient (Wildman–Crippen LogP) is 1.92. The number of nitrogens with zero attached hydrogens (tertiary/aromatic N) is 1. The lowest BCUT2D eigenvalue weighted by atomic mass is 9.95. The van der Waals surface area contributed by atoms with E-state index in [1.807, 2.05) is 20.8 Å². The van der Waals surface area contributed by atoms with E-state index in [0.717, 1.165) is 32.4 Å². The van der Waals surface area contributed by atoms with E-state index in [2.05, 4.69) is 10.6 Å². The average Bonchev–Trinajstić information content (AvgIpc) is 2.16. The summed E-state index contributed by atoms with van der Waals surface area (Å²) < 4.78 is 5.16. The first-order valence-electron chi connectivity index (χ1n) is 6.07. The van der Waals surface area contributed by atoms with Crippen LogP contribution < -0.4 is 10.6 Å². The number of rotatable bonds is 3. The van der Waals surface area contributed by atoms with Crippen LogP contribution in [0.15, 0.2) is 0 Å². The number of carbonyl (C=O) groups is 1. The third-order valence-electron chi connectivity index (χ3n) is 2.61. The van der Waals surface area contributed by atoms with Crippen LogP contribution in [-0.4, -0.2) is 31.3 Å². The summed E-state index contributed by atoms with van der Waals surface area (Å²) in [6.07, 6.45) is 3.05. The number of nitrogens with one attached hydrogen (secondary N) is 1. The Hall–Kier alpha value is -0.770. The third kappa shape index (κ3) is 5.95. The van der Waals surface area contributed by atoms with Gasteiger partial charge in [-0.2, -0.15) is 0 Å². The Kier molecular flexibility index (Phi) is 5.06. The van der Waals surface area contributed by atoms with Crippen molar-refractivity contribution in [2.75, 3.05) is 19.6 Å². The maximum Gasteiger partial charge on any atom is 0.407 e. The molecule has 0 aromatic carbocycles. The Balaban J connectivity index is 2.08. The molecule has 16 heavy (non-hydrogen) atoms. The molecule has 93 valence electrons. The van der Waals surface area contributed by atoms with Gasteiger partial charge in [0, 0.05) is 19.6 Å². The summed E-state index contributed by atoms with van der Waals surface area (Å²) in [5.74, 6) is 0.715. The molecule has 1 rings (SSSR count). The van der Waals surface area contributed by atoms with Gasteiger partial charge in [-0.1, -0.05) is 0 Å². The van der Waals surface area contributed by atoms with Crippen molar-refractivity contribution in [1.29, 1.82) is 0 Å². The lowest BCUT2D eigenvalue weighted by Crippen LogP contribution is -2.34. The van der Waals surface area contributed by atoms with Crippen molar-refractivity contribution in [2.24, 2.45) is 5.92 Å². The van der Waals surface area contributed by atoms with Gasteiger partial charge in [0.1, 0.15) is 5.60 Å². The van der Waals surface area contributed by atoms with Gasteiger partial charge >= 0.3 is 6.09 Å². The molecule has 1 saturated heterocycles. The van der Waals surface area contributed by atoms with Gasteiger partial charge < -0.3 is 10.1 Å². The fourth-order valence-electron chi connectivity index (χ4n) is 1.79. The number of hydrogen-bond donors (Lipinski definition) is 1. The zero-order chi connectivity index (χ0) is 12.0. The van der Waals surface area contributed by atoms with Gasteiger partial charge in [-0.05, 0) is 46.0 Å². The largest absolute Gasteiger partial charge is 0.444 e. The lowest BCUT2D eigenvalue weighted by Gasteiger charge is -2.22. The molecule has 1 fully saturated rings. The van der Waals surface area contributed by atoms with Gasteiger partial charge in [0.25, 0.3) is 0 Å². The number of hydrogen-bond acceptors (Lipinski definition) is 2. The van der Waals surface area contributed by atoms with Crippen LogP contribution in [0.5, 0.6) is 0 Å². The molecule has 1 aliphatic rings. The quantitative estimate of drug-likeness (QED) is 0.800. The minimum Gasteiger partial charge on any atom is -0.444 e. The van der Waals surface area contributed by atoms with Gasteiger partial charge in [-0.15, -0.1) is 0 Å². The SMILES string of the molecule is CC(C)(C)OC(=O)NCCC1CC[N]CC1. The highest BCUT2D eigenvalue weighted by Crippen LogP contribution is 2.15. The minimum absolute atomic E-state index is 0.312. The smallest absolute Gasteiger partial charge is 0.407 e. The topological polar surface area (TPSA) is 52.4 Å². The number of ether oxygens (including phenoxy) is 1. The monoisotopic (exact) mass is 227 g/mol.